The van der Waals surface area contributed by atoms with Gasteiger partial charge in [-0.25, -0.2) is 4.39 Å². The molecule has 13 rings (SSSR count). The predicted octanol–water partition coefficient (Wildman–Crippen LogP) is 17.5. The number of fused-ring (bicyclic) bond motifs is 8. The van der Waals surface area contributed by atoms with Crippen molar-refractivity contribution in [3.05, 3.63) is 192 Å². The van der Waals surface area contributed by atoms with E-state index in [1.807, 2.05) is 12.1 Å². The second-order valence-corrected chi connectivity index (χ2v) is 20.2. The van der Waals surface area contributed by atoms with Crippen LogP contribution in [0.25, 0.3) is 60.9 Å². The van der Waals surface area contributed by atoms with Crippen LogP contribution in [0.2, 0.25) is 0 Å². The fourth-order valence-corrected chi connectivity index (χ4v) is 12.6. The molecule has 5 nitrogen and oxygen atoms in total. The summed E-state index contributed by atoms with van der Waals surface area (Å²) in [5.41, 5.74) is 11.4. The molecule has 0 spiro atoms. The van der Waals surface area contributed by atoms with E-state index in [4.69, 9.17) is 8.83 Å². The molecule has 1 N–H and O–H groups in total. The van der Waals surface area contributed by atoms with Gasteiger partial charge in [0.2, 0.25) is 0 Å². The first kappa shape index (κ1) is 41.8. The summed E-state index contributed by atoms with van der Waals surface area (Å²) in [4.78, 5) is 4.77. The number of phenolic OH excluding ortho intramolecular Hbond substituents is 1. The normalized spacial score (nSPS) is 19.4. The molecule has 6 heteroatoms. The Balaban J connectivity index is 0.935. The van der Waals surface area contributed by atoms with E-state index in [-0.39, 0.29) is 11.9 Å². The molecule has 2 heterocycles. The van der Waals surface area contributed by atoms with Crippen molar-refractivity contribution in [2.75, 3.05) is 9.80 Å². The van der Waals surface area contributed by atoms with E-state index >= 15 is 0 Å². The SMILES string of the molecule is CC1(N(c2cccc(-c3cccc(C4CCCC4)c3O)c2)c2cc3oc4c(c3c3ccccc23)C=CC(N(c2ccc(F)cc2)c2cccc3c2oc2c(C5CCCC5)cccc23)C4)C=CC=CC1. The van der Waals surface area contributed by atoms with E-state index in [2.05, 4.69) is 162 Å². The molecule has 9 aromatic rings. The molecule has 0 radical (unpaired) electrons. The highest BCUT2D eigenvalue weighted by molar-refractivity contribution is 6.16. The van der Waals surface area contributed by atoms with Gasteiger partial charge in [-0.05, 0) is 115 Å². The lowest BCUT2D eigenvalue weighted by Gasteiger charge is -2.42. The molecular formula is C63H55FN2O3. The minimum Gasteiger partial charge on any atom is -0.507 e. The standard InChI is InChI=1S/C63H55FN2O3/c1-63(35-9-2-10-36-63)66(46-20-11-19-42(37-46)48-24-12-23-47(60(48)67)40-15-3-4-16-40)56-39-58-59(51-22-8-7-21-50(51)56)54-34-33-45(38-57(54)68-58)65(44-31-29-43(64)30-32-44)55-28-14-27-53-52-26-13-25-49(41-17-5-6-18-41)61(52)69-62(53)55/h2,7-14,19-35,37,39-41,45,67H,3-6,15-18,36,38H2,1H3. The molecule has 2 unspecified atom stereocenters. The Morgan fingerprint density at radius 3 is 2.12 bits per heavy atom. The van der Waals surface area contributed by atoms with Gasteiger partial charge in [0.25, 0.3) is 0 Å². The van der Waals surface area contributed by atoms with Gasteiger partial charge in [0, 0.05) is 56.5 Å². The number of benzene rings is 7. The average molecular weight is 907 g/mol. The third-order valence-electron chi connectivity index (χ3n) is 16.0. The zero-order valence-electron chi connectivity index (χ0n) is 39.0. The second kappa shape index (κ2) is 16.7. The molecule has 0 bridgehead atoms. The maximum atomic E-state index is 14.7. The Kier molecular flexibility index (Phi) is 10.1. The molecule has 7 aromatic carbocycles. The highest BCUT2D eigenvalue weighted by Gasteiger charge is 2.35. The highest BCUT2D eigenvalue weighted by atomic mass is 19.1. The van der Waals surface area contributed by atoms with Crippen LogP contribution in [0.4, 0.5) is 27.1 Å². The van der Waals surface area contributed by atoms with Crippen LogP contribution in [0.15, 0.2) is 173 Å². The van der Waals surface area contributed by atoms with E-state index in [1.165, 1.54) is 44.1 Å². The Morgan fingerprint density at radius 1 is 0.638 bits per heavy atom. The van der Waals surface area contributed by atoms with E-state index in [0.717, 1.165) is 114 Å². The van der Waals surface area contributed by atoms with Crippen LogP contribution in [0.1, 0.15) is 99.0 Å². The Hall–Kier alpha value is -7.31. The molecule has 342 valence electrons. The van der Waals surface area contributed by atoms with Gasteiger partial charge in [0.05, 0.1) is 23.0 Å². The molecule has 2 aromatic heterocycles. The predicted molar refractivity (Wildman–Crippen MR) is 282 cm³/mol. The van der Waals surface area contributed by atoms with Gasteiger partial charge in [0.15, 0.2) is 5.58 Å². The highest BCUT2D eigenvalue weighted by Crippen LogP contribution is 2.50. The molecule has 0 aliphatic heterocycles. The van der Waals surface area contributed by atoms with E-state index in [0.29, 0.717) is 24.0 Å². The lowest BCUT2D eigenvalue weighted by Crippen LogP contribution is -2.42. The summed E-state index contributed by atoms with van der Waals surface area (Å²) < 4.78 is 28.8. The molecule has 4 aliphatic rings. The summed E-state index contributed by atoms with van der Waals surface area (Å²) >= 11 is 0. The number of phenols is 1. The third-order valence-corrected chi connectivity index (χ3v) is 16.0. The molecule has 2 saturated carbocycles. The third kappa shape index (κ3) is 7.01. The summed E-state index contributed by atoms with van der Waals surface area (Å²) in [6, 6.07) is 45.6. The number of anilines is 4. The van der Waals surface area contributed by atoms with Crippen LogP contribution >= 0.6 is 0 Å². The van der Waals surface area contributed by atoms with Crippen LogP contribution in [0, 0.1) is 5.82 Å². The van der Waals surface area contributed by atoms with Gasteiger partial charge in [-0.15, -0.1) is 0 Å². The Morgan fingerprint density at radius 2 is 1.33 bits per heavy atom. The van der Waals surface area contributed by atoms with Crippen molar-refractivity contribution in [1.29, 1.82) is 0 Å². The number of hydrogen-bond donors (Lipinski definition) is 1. The smallest absolute Gasteiger partial charge is 0.159 e. The fourth-order valence-electron chi connectivity index (χ4n) is 12.6. The molecule has 0 saturated heterocycles. The minimum absolute atomic E-state index is 0.164. The van der Waals surface area contributed by atoms with Crippen LogP contribution in [-0.4, -0.2) is 16.7 Å². The van der Waals surface area contributed by atoms with Crippen molar-refractivity contribution < 1.29 is 18.3 Å². The van der Waals surface area contributed by atoms with Crippen molar-refractivity contribution in [2.24, 2.45) is 0 Å². The second-order valence-electron chi connectivity index (χ2n) is 20.2. The zero-order chi connectivity index (χ0) is 46.2. The Labute approximate surface area is 402 Å². The number of allylic oxidation sites excluding steroid dienone is 2. The zero-order valence-corrected chi connectivity index (χ0v) is 39.0. The topological polar surface area (TPSA) is 53.0 Å². The monoisotopic (exact) mass is 906 g/mol. The van der Waals surface area contributed by atoms with Crippen molar-refractivity contribution in [3.8, 4) is 16.9 Å². The van der Waals surface area contributed by atoms with Gasteiger partial charge >= 0.3 is 0 Å². The maximum Gasteiger partial charge on any atom is 0.159 e. The molecule has 2 atom stereocenters. The van der Waals surface area contributed by atoms with Gasteiger partial charge in [-0.3, -0.25) is 0 Å². The average Bonchev–Trinajstić information content (AvgIpc) is 4.23. The summed E-state index contributed by atoms with van der Waals surface area (Å²) in [5, 5.41) is 17.4. The molecular weight excluding hydrogens is 852 g/mol. The summed E-state index contributed by atoms with van der Waals surface area (Å²) in [5.74, 6) is 1.94. The lowest BCUT2D eigenvalue weighted by atomic mass is 9.88. The van der Waals surface area contributed by atoms with Crippen LogP contribution in [-0.2, 0) is 6.42 Å². The van der Waals surface area contributed by atoms with Crippen LogP contribution < -0.4 is 9.80 Å². The summed E-state index contributed by atoms with van der Waals surface area (Å²) in [7, 11) is 0. The summed E-state index contributed by atoms with van der Waals surface area (Å²) in [6.07, 6.45) is 24.3. The molecule has 4 aliphatic carbocycles. The first-order valence-corrected chi connectivity index (χ1v) is 25.1. The van der Waals surface area contributed by atoms with Crippen molar-refractivity contribution >= 4 is 72.5 Å². The van der Waals surface area contributed by atoms with Crippen molar-refractivity contribution in [3.63, 3.8) is 0 Å². The number of para-hydroxylation sites is 3. The number of rotatable bonds is 9. The Bertz CT molecular complexity index is 3550. The number of hydrogen-bond acceptors (Lipinski definition) is 5. The largest absolute Gasteiger partial charge is 0.507 e. The van der Waals surface area contributed by atoms with Gasteiger partial charge in [0.1, 0.15) is 28.5 Å². The van der Waals surface area contributed by atoms with Gasteiger partial charge in [-0.2, -0.15) is 0 Å². The number of aromatic hydroxyl groups is 1. The van der Waals surface area contributed by atoms with Gasteiger partial charge in [-0.1, -0.05) is 147 Å². The van der Waals surface area contributed by atoms with Crippen LogP contribution in [0.5, 0.6) is 5.75 Å². The number of halogens is 1. The minimum atomic E-state index is -0.417. The first-order valence-electron chi connectivity index (χ1n) is 25.1. The lowest BCUT2D eigenvalue weighted by molar-refractivity contribution is 0.463. The molecule has 2 fully saturated rings. The molecule has 0 amide bonds. The quantitative estimate of drug-likeness (QED) is 0.156. The number of furan rings is 2. The first-order chi connectivity index (χ1) is 33.9. The van der Waals surface area contributed by atoms with E-state index in [9.17, 15) is 9.50 Å². The maximum absolute atomic E-state index is 14.7. The van der Waals surface area contributed by atoms with Crippen molar-refractivity contribution in [1.82, 2.24) is 0 Å². The summed E-state index contributed by atoms with van der Waals surface area (Å²) in [6.45, 7) is 2.31. The van der Waals surface area contributed by atoms with E-state index in [1.54, 1.807) is 12.1 Å². The van der Waals surface area contributed by atoms with Crippen molar-refractivity contribution in [2.45, 2.75) is 94.5 Å². The fraction of sp³-hybridized carbons (Fsp3) is 0.238. The molecule has 69 heavy (non-hydrogen) atoms. The van der Waals surface area contributed by atoms with E-state index < -0.39 is 5.54 Å². The number of nitrogens with zero attached hydrogens (tertiary/aromatic N) is 2. The van der Waals surface area contributed by atoms with Gasteiger partial charge < -0.3 is 23.7 Å². The van der Waals surface area contributed by atoms with Crippen LogP contribution in [0.3, 0.4) is 0 Å².